The van der Waals surface area contributed by atoms with Gasteiger partial charge < -0.3 is 19.6 Å². The Labute approximate surface area is 195 Å². The molecule has 0 spiro atoms. The molecule has 33 heavy (non-hydrogen) atoms. The van der Waals surface area contributed by atoms with Gasteiger partial charge in [-0.3, -0.25) is 0 Å². The van der Waals surface area contributed by atoms with Crippen molar-refractivity contribution in [3.8, 4) is 5.75 Å². The summed E-state index contributed by atoms with van der Waals surface area (Å²) in [6, 6.07) is 8.73. The van der Waals surface area contributed by atoms with E-state index in [1.54, 1.807) is 46.1 Å². The fourth-order valence-electron chi connectivity index (χ4n) is 2.75. The predicted molar refractivity (Wildman–Crippen MR) is 130 cm³/mol. The summed E-state index contributed by atoms with van der Waals surface area (Å²) in [4.78, 5) is 32.9. The van der Waals surface area contributed by atoms with Crippen LogP contribution in [0.25, 0.3) is 22.4 Å². The van der Waals surface area contributed by atoms with Gasteiger partial charge in [-0.1, -0.05) is 12.2 Å². The van der Waals surface area contributed by atoms with Gasteiger partial charge in [-0.15, -0.1) is 11.3 Å². The van der Waals surface area contributed by atoms with Gasteiger partial charge in [0.25, 0.3) is 5.82 Å². The van der Waals surface area contributed by atoms with E-state index in [4.69, 9.17) is 9.47 Å². The van der Waals surface area contributed by atoms with Gasteiger partial charge in [0.2, 0.25) is 0 Å². The molecule has 2 heterocycles. The molecule has 1 aromatic carbocycles. The van der Waals surface area contributed by atoms with Crippen LogP contribution in [0.4, 0.5) is 16.4 Å². The number of nitrogens with zero attached hydrogens (tertiary/aromatic N) is 4. The van der Waals surface area contributed by atoms with Crippen molar-refractivity contribution in [3.05, 3.63) is 63.2 Å². The Bertz CT molecular complexity index is 1240. The zero-order valence-corrected chi connectivity index (χ0v) is 19.8. The second kappa shape index (κ2) is 9.78. The molecule has 0 fully saturated rings. The molecule has 0 aliphatic heterocycles. The molecule has 3 aromatic rings. The molecule has 0 unspecified atom stereocenters. The van der Waals surface area contributed by atoms with Crippen molar-refractivity contribution in [2.45, 2.75) is 26.4 Å². The third kappa shape index (κ3) is 6.13. The van der Waals surface area contributed by atoms with Crippen molar-refractivity contribution < 1.29 is 19.2 Å². The Morgan fingerprint density at radius 2 is 1.88 bits per heavy atom. The second-order valence-corrected chi connectivity index (χ2v) is 9.04. The summed E-state index contributed by atoms with van der Waals surface area (Å²) in [7, 11) is 3.07. The van der Waals surface area contributed by atoms with E-state index in [-0.39, 0.29) is 11.6 Å². The van der Waals surface area contributed by atoms with Crippen LogP contribution < -0.4 is 9.64 Å². The van der Waals surface area contributed by atoms with E-state index in [9.17, 15) is 14.9 Å². The number of ether oxygens (including phenoxy) is 2. The highest BCUT2D eigenvalue weighted by molar-refractivity contribution is 7.19. The summed E-state index contributed by atoms with van der Waals surface area (Å²) in [5, 5.41) is 12.3. The Hall–Kier alpha value is -3.79. The number of allylic oxidation sites excluding steroid dienone is 2. The van der Waals surface area contributed by atoms with Crippen molar-refractivity contribution in [1.29, 1.82) is 0 Å². The number of benzene rings is 1. The molecule has 1 amide bonds. The molecule has 2 aromatic heterocycles. The molecule has 0 aliphatic carbocycles. The van der Waals surface area contributed by atoms with Crippen LogP contribution in [0.3, 0.4) is 0 Å². The van der Waals surface area contributed by atoms with E-state index in [1.165, 1.54) is 30.5 Å². The van der Waals surface area contributed by atoms with Crippen LogP contribution in [0, 0.1) is 10.1 Å². The number of rotatable bonds is 6. The van der Waals surface area contributed by atoms with E-state index in [0.717, 1.165) is 25.9 Å². The van der Waals surface area contributed by atoms with Gasteiger partial charge in [0, 0.05) is 13.1 Å². The lowest BCUT2D eigenvalue weighted by atomic mass is 10.2. The molecule has 0 saturated carbocycles. The first-order valence-electron chi connectivity index (χ1n) is 9.99. The number of fused-ring (bicyclic) bond motifs is 1. The van der Waals surface area contributed by atoms with Gasteiger partial charge in [-0.25, -0.2) is 14.7 Å². The summed E-state index contributed by atoms with van der Waals surface area (Å²) in [6.07, 6.45) is 6.17. The van der Waals surface area contributed by atoms with Crippen LogP contribution in [0.5, 0.6) is 5.75 Å². The van der Waals surface area contributed by atoms with Crippen LogP contribution in [0.15, 0.2) is 42.5 Å². The minimum absolute atomic E-state index is 0.119. The first-order chi connectivity index (χ1) is 15.6. The zero-order chi connectivity index (χ0) is 24.2. The normalized spacial score (nSPS) is 11.9. The maximum absolute atomic E-state index is 12.2. The lowest BCUT2D eigenvalue weighted by Gasteiger charge is -2.22. The van der Waals surface area contributed by atoms with Crippen LogP contribution in [0.2, 0.25) is 0 Å². The SMILES string of the molecule is COc1ccc2nc(/C=C/C=C/c3ccc(N(C)C(=O)OC(C)(C)C)nc3[N+](=O)[O-])sc2c1. The number of amides is 1. The number of hydrogen-bond acceptors (Lipinski definition) is 8. The number of carbonyl (C=O) groups is 1. The van der Waals surface area contributed by atoms with Crippen LogP contribution in [-0.4, -0.2) is 40.7 Å². The molecule has 10 heteroatoms. The van der Waals surface area contributed by atoms with Crippen molar-refractivity contribution in [2.75, 3.05) is 19.1 Å². The molecule has 0 N–H and O–H groups in total. The third-order valence-corrected chi connectivity index (χ3v) is 5.30. The number of nitro groups is 1. The Morgan fingerprint density at radius 1 is 1.15 bits per heavy atom. The minimum Gasteiger partial charge on any atom is -0.497 e. The van der Waals surface area contributed by atoms with Crippen LogP contribution in [-0.2, 0) is 4.74 Å². The van der Waals surface area contributed by atoms with Crippen molar-refractivity contribution in [1.82, 2.24) is 9.97 Å². The van der Waals surface area contributed by atoms with Crippen LogP contribution >= 0.6 is 11.3 Å². The van der Waals surface area contributed by atoms with E-state index in [0.29, 0.717) is 5.56 Å². The van der Waals surface area contributed by atoms with Crippen molar-refractivity contribution in [3.63, 3.8) is 0 Å². The third-order valence-electron chi connectivity index (χ3n) is 4.31. The molecule has 0 saturated heterocycles. The minimum atomic E-state index is -0.693. The van der Waals surface area contributed by atoms with Gasteiger partial charge in [-0.05, 0) is 67.1 Å². The summed E-state index contributed by atoms with van der Waals surface area (Å²) >= 11 is 1.51. The first-order valence-corrected chi connectivity index (χ1v) is 10.8. The Morgan fingerprint density at radius 3 is 2.55 bits per heavy atom. The molecular weight excluding hydrogens is 444 g/mol. The monoisotopic (exact) mass is 468 g/mol. The predicted octanol–water partition coefficient (Wildman–Crippen LogP) is 5.71. The van der Waals surface area contributed by atoms with Gasteiger partial charge in [0.15, 0.2) is 0 Å². The number of methoxy groups -OCH3 is 1. The maximum atomic E-state index is 12.2. The van der Waals surface area contributed by atoms with Crippen molar-refractivity contribution in [2.24, 2.45) is 0 Å². The lowest BCUT2D eigenvalue weighted by Crippen LogP contribution is -2.34. The average molecular weight is 469 g/mol. The van der Waals surface area contributed by atoms with Crippen molar-refractivity contribution >= 4 is 51.4 Å². The fourth-order valence-corrected chi connectivity index (χ4v) is 3.66. The maximum Gasteiger partial charge on any atom is 0.417 e. The van der Waals surface area contributed by atoms with Gasteiger partial charge in [0.1, 0.15) is 16.4 Å². The zero-order valence-electron chi connectivity index (χ0n) is 18.9. The van der Waals surface area contributed by atoms with Gasteiger partial charge in [-0.2, -0.15) is 0 Å². The molecule has 3 rings (SSSR count). The summed E-state index contributed by atoms with van der Waals surface area (Å²) in [5.74, 6) is 0.523. The smallest absolute Gasteiger partial charge is 0.417 e. The van der Waals surface area contributed by atoms with Crippen LogP contribution in [0.1, 0.15) is 31.3 Å². The second-order valence-electron chi connectivity index (χ2n) is 7.98. The molecule has 172 valence electrons. The van der Waals surface area contributed by atoms with Gasteiger partial charge in [0.05, 0.1) is 22.9 Å². The topological polar surface area (TPSA) is 108 Å². The van der Waals surface area contributed by atoms with Gasteiger partial charge >= 0.3 is 11.9 Å². The highest BCUT2D eigenvalue weighted by Gasteiger charge is 2.25. The summed E-state index contributed by atoms with van der Waals surface area (Å²) in [6.45, 7) is 5.21. The largest absolute Gasteiger partial charge is 0.497 e. The number of carbonyl (C=O) groups excluding carboxylic acids is 1. The standard InChI is InChI=1S/C23H24N4O5S/c1-23(2,3)32-22(28)26(4)19-13-10-15(21(25-19)27(29)30)8-6-7-9-20-24-17-12-11-16(31-5)14-18(17)33-20/h6-14H,1-5H3/b8-6+,9-7+. The quantitative estimate of drug-likeness (QED) is 0.259. The average Bonchev–Trinajstić information content (AvgIpc) is 3.16. The van der Waals surface area contributed by atoms with E-state index in [1.807, 2.05) is 24.3 Å². The summed E-state index contributed by atoms with van der Waals surface area (Å²) < 4.78 is 11.5. The molecule has 0 atom stereocenters. The highest BCUT2D eigenvalue weighted by atomic mass is 32.1. The molecule has 9 nitrogen and oxygen atoms in total. The Balaban J connectivity index is 1.77. The first kappa shape index (κ1) is 23.9. The van der Waals surface area contributed by atoms with E-state index in [2.05, 4.69) is 9.97 Å². The fraction of sp³-hybridized carbons (Fsp3) is 0.261. The number of anilines is 1. The molecular formula is C23H24N4O5S. The number of thiazole rings is 1. The molecule has 0 radical (unpaired) electrons. The molecule has 0 bridgehead atoms. The Kier molecular flexibility index (Phi) is 7.07. The highest BCUT2D eigenvalue weighted by Crippen LogP contribution is 2.27. The summed E-state index contributed by atoms with van der Waals surface area (Å²) in [5.41, 5.74) is 0.482. The lowest BCUT2D eigenvalue weighted by molar-refractivity contribution is -0.389. The number of pyridine rings is 1. The van der Waals surface area contributed by atoms with E-state index < -0.39 is 16.6 Å². The van der Waals surface area contributed by atoms with E-state index >= 15 is 0 Å². The number of hydrogen-bond donors (Lipinski definition) is 0. The molecule has 0 aliphatic rings. The number of aromatic nitrogens is 2.